The summed E-state index contributed by atoms with van der Waals surface area (Å²) >= 11 is 0. The van der Waals surface area contributed by atoms with E-state index < -0.39 is 10.0 Å². The van der Waals surface area contributed by atoms with Crippen LogP contribution in [-0.4, -0.2) is 55.5 Å². The monoisotopic (exact) mass is 438 g/mol. The van der Waals surface area contributed by atoms with Gasteiger partial charge in [0.15, 0.2) is 0 Å². The van der Waals surface area contributed by atoms with Gasteiger partial charge in [0, 0.05) is 37.8 Å². The summed E-state index contributed by atoms with van der Waals surface area (Å²) in [5.41, 5.74) is 2.84. The minimum absolute atomic E-state index is 0.339. The molecule has 0 atom stereocenters. The molecule has 0 N–H and O–H groups in total. The molecule has 1 aliphatic heterocycles. The zero-order chi connectivity index (χ0) is 21.8. The lowest BCUT2D eigenvalue weighted by Crippen LogP contribution is -2.48. The second-order valence-corrected chi connectivity index (χ2v) is 9.36. The molecule has 0 saturated carbocycles. The molecule has 1 aliphatic rings. The lowest BCUT2D eigenvalue weighted by molar-refractivity contribution is 0.340. The number of sulfonamides is 1. The molecule has 0 spiro atoms. The first-order valence-corrected chi connectivity index (χ1v) is 11.8. The van der Waals surface area contributed by atoms with Gasteiger partial charge in [0.2, 0.25) is 10.0 Å². The molecule has 7 nitrogen and oxygen atoms in total. The Morgan fingerprint density at radius 2 is 1.61 bits per heavy atom. The number of ether oxygens (including phenoxy) is 1. The topological polar surface area (TPSA) is 75.6 Å². The fourth-order valence-corrected chi connectivity index (χ4v) is 5.01. The van der Waals surface area contributed by atoms with Crippen LogP contribution in [0.3, 0.4) is 0 Å². The predicted octanol–water partition coefficient (Wildman–Crippen LogP) is 3.36. The van der Waals surface area contributed by atoms with E-state index in [0.29, 0.717) is 37.7 Å². The Morgan fingerprint density at radius 3 is 2.26 bits per heavy atom. The molecular weight excluding hydrogens is 412 g/mol. The summed E-state index contributed by atoms with van der Waals surface area (Å²) in [6.45, 7) is 6.50. The van der Waals surface area contributed by atoms with Crippen LogP contribution >= 0.6 is 0 Å². The maximum absolute atomic E-state index is 12.9. The highest BCUT2D eigenvalue weighted by Crippen LogP contribution is 2.25. The zero-order valence-electron chi connectivity index (χ0n) is 17.7. The summed E-state index contributed by atoms with van der Waals surface area (Å²) in [7, 11) is -3.48. The Bertz CT molecular complexity index is 1120. The van der Waals surface area contributed by atoms with Crippen LogP contribution in [0.5, 0.6) is 5.75 Å². The van der Waals surface area contributed by atoms with Crippen molar-refractivity contribution in [3.63, 3.8) is 0 Å². The van der Waals surface area contributed by atoms with Crippen molar-refractivity contribution in [2.45, 2.75) is 18.7 Å². The molecule has 0 bridgehead atoms. The van der Waals surface area contributed by atoms with Gasteiger partial charge in [0.05, 0.1) is 17.2 Å². The van der Waals surface area contributed by atoms with Crippen LogP contribution in [0.25, 0.3) is 11.3 Å². The van der Waals surface area contributed by atoms with E-state index in [9.17, 15) is 8.42 Å². The molecule has 162 valence electrons. The van der Waals surface area contributed by atoms with Crippen LogP contribution < -0.4 is 9.64 Å². The second-order valence-electron chi connectivity index (χ2n) is 7.42. The van der Waals surface area contributed by atoms with Gasteiger partial charge in [-0.25, -0.2) is 18.4 Å². The molecule has 2 aromatic carbocycles. The number of aromatic nitrogens is 2. The average Bonchev–Trinajstić information content (AvgIpc) is 2.80. The number of anilines is 1. The van der Waals surface area contributed by atoms with Crippen LogP contribution in [0.4, 0.5) is 5.82 Å². The SMILES string of the molecule is CCOc1ccc(-c2cc(N3CCN(S(=O)(=O)c4ccc(C)cc4)CC3)ncn2)cc1. The lowest BCUT2D eigenvalue weighted by atomic mass is 10.1. The van der Waals surface area contributed by atoms with Crippen LogP contribution in [0, 0.1) is 6.92 Å². The van der Waals surface area contributed by atoms with Crippen LogP contribution in [0.2, 0.25) is 0 Å². The molecule has 31 heavy (non-hydrogen) atoms. The number of nitrogens with zero attached hydrogens (tertiary/aromatic N) is 4. The number of benzene rings is 2. The summed E-state index contributed by atoms with van der Waals surface area (Å²) in [5.74, 6) is 1.62. The molecule has 3 aromatic rings. The number of piperazine rings is 1. The Kier molecular flexibility index (Phi) is 6.20. The van der Waals surface area contributed by atoms with Crippen LogP contribution in [-0.2, 0) is 10.0 Å². The second kappa shape index (κ2) is 9.03. The zero-order valence-corrected chi connectivity index (χ0v) is 18.5. The van der Waals surface area contributed by atoms with E-state index in [1.807, 2.05) is 56.3 Å². The molecule has 1 fully saturated rings. The quantitative estimate of drug-likeness (QED) is 0.587. The maximum atomic E-state index is 12.9. The molecule has 0 amide bonds. The standard InChI is InChI=1S/C23H26N4O3S/c1-3-30-20-8-6-19(7-9-20)22-16-23(25-17-24-22)26-12-14-27(15-13-26)31(28,29)21-10-4-18(2)5-11-21/h4-11,16-17H,3,12-15H2,1-2H3. The minimum Gasteiger partial charge on any atom is -0.494 e. The molecule has 4 rings (SSSR count). The van der Waals surface area contributed by atoms with Crippen molar-refractivity contribution in [2.24, 2.45) is 0 Å². The van der Waals surface area contributed by atoms with E-state index in [1.165, 1.54) is 0 Å². The average molecular weight is 439 g/mol. The summed E-state index contributed by atoms with van der Waals surface area (Å²) in [4.78, 5) is 11.2. The summed E-state index contributed by atoms with van der Waals surface area (Å²) < 4.78 is 32.9. The molecule has 0 unspecified atom stereocenters. The highest BCUT2D eigenvalue weighted by Gasteiger charge is 2.29. The Labute approximate surface area is 183 Å². The van der Waals surface area contributed by atoms with Gasteiger partial charge in [-0.1, -0.05) is 17.7 Å². The van der Waals surface area contributed by atoms with Crippen molar-refractivity contribution in [1.29, 1.82) is 0 Å². The number of rotatable bonds is 6. The fourth-order valence-electron chi connectivity index (χ4n) is 3.58. The van der Waals surface area contributed by atoms with Gasteiger partial charge in [-0.2, -0.15) is 4.31 Å². The van der Waals surface area contributed by atoms with E-state index in [1.54, 1.807) is 22.8 Å². The van der Waals surface area contributed by atoms with Gasteiger partial charge in [-0.3, -0.25) is 0 Å². The highest BCUT2D eigenvalue weighted by molar-refractivity contribution is 7.89. The molecule has 1 aromatic heterocycles. The van der Waals surface area contributed by atoms with E-state index in [0.717, 1.165) is 28.4 Å². The molecule has 0 aliphatic carbocycles. The first-order chi connectivity index (χ1) is 15.0. The van der Waals surface area contributed by atoms with Gasteiger partial charge in [-0.05, 0) is 50.2 Å². The lowest BCUT2D eigenvalue weighted by Gasteiger charge is -2.34. The van der Waals surface area contributed by atoms with Gasteiger partial charge >= 0.3 is 0 Å². The fraction of sp³-hybridized carbons (Fsp3) is 0.304. The smallest absolute Gasteiger partial charge is 0.243 e. The van der Waals surface area contributed by atoms with Gasteiger partial charge < -0.3 is 9.64 Å². The Balaban J connectivity index is 1.45. The summed E-state index contributed by atoms with van der Waals surface area (Å²) in [6.07, 6.45) is 1.55. The van der Waals surface area contributed by atoms with Gasteiger partial charge in [0.1, 0.15) is 17.9 Å². The molecule has 8 heteroatoms. The molecular formula is C23H26N4O3S. The van der Waals surface area contributed by atoms with E-state index in [4.69, 9.17) is 4.74 Å². The van der Waals surface area contributed by atoms with Gasteiger partial charge in [-0.15, -0.1) is 0 Å². The van der Waals surface area contributed by atoms with Crippen molar-refractivity contribution >= 4 is 15.8 Å². The third kappa shape index (κ3) is 4.70. The number of hydrogen-bond donors (Lipinski definition) is 0. The van der Waals surface area contributed by atoms with Crippen LogP contribution in [0.15, 0.2) is 65.8 Å². The minimum atomic E-state index is -3.48. The van der Waals surface area contributed by atoms with E-state index in [2.05, 4.69) is 14.9 Å². The van der Waals surface area contributed by atoms with E-state index in [-0.39, 0.29) is 0 Å². The van der Waals surface area contributed by atoms with Crippen molar-refractivity contribution in [3.8, 4) is 17.0 Å². The predicted molar refractivity (Wildman–Crippen MR) is 121 cm³/mol. The van der Waals surface area contributed by atoms with Crippen molar-refractivity contribution in [2.75, 3.05) is 37.7 Å². The highest BCUT2D eigenvalue weighted by atomic mass is 32.2. The Morgan fingerprint density at radius 1 is 0.935 bits per heavy atom. The number of aryl methyl sites for hydroxylation is 1. The van der Waals surface area contributed by atoms with Crippen molar-refractivity contribution in [3.05, 3.63) is 66.5 Å². The maximum Gasteiger partial charge on any atom is 0.243 e. The van der Waals surface area contributed by atoms with Crippen molar-refractivity contribution < 1.29 is 13.2 Å². The third-order valence-electron chi connectivity index (χ3n) is 5.34. The van der Waals surface area contributed by atoms with Crippen molar-refractivity contribution in [1.82, 2.24) is 14.3 Å². The number of hydrogen-bond acceptors (Lipinski definition) is 6. The normalized spacial score (nSPS) is 15.1. The van der Waals surface area contributed by atoms with E-state index >= 15 is 0 Å². The molecule has 2 heterocycles. The first kappa shape index (κ1) is 21.3. The summed E-state index contributed by atoms with van der Waals surface area (Å²) in [5, 5.41) is 0. The molecule has 0 radical (unpaired) electrons. The van der Waals surface area contributed by atoms with Gasteiger partial charge in [0.25, 0.3) is 0 Å². The van der Waals surface area contributed by atoms with Crippen LogP contribution in [0.1, 0.15) is 12.5 Å². The largest absolute Gasteiger partial charge is 0.494 e. The first-order valence-electron chi connectivity index (χ1n) is 10.3. The Hall–Kier alpha value is -2.97. The molecule has 1 saturated heterocycles. The third-order valence-corrected chi connectivity index (χ3v) is 7.25. The summed E-state index contributed by atoms with van der Waals surface area (Å²) in [6, 6.07) is 16.7.